The Labute approximate surface area is 168 Å². The van der Waals surface area contributed by atoms with Gasteiger partial charge in [0.2, 0.25) is 5.91 Å². The van der Waals surface area contributed by atoms with Gasteiger partial charge in [0.05, 0.1) is 5.54 Å². The average molecular weight is 394 g/mol. The van der Waals surface area contributed by atoms with Gasteiger partial charge in [-0.15, -0.1) is 0 Å². The molecule has 0 bridgehead atoms. The highest BCUT2D eigenvalue weighted by Crippen LogP contribution is 2.44. The van der Waals surface area contributed by atoms with Crippen LogP contribution in [0, 0.1) is 0 Å². The molecule has 2 amide bonds. The molecule has 2 aliphatic carbocycles. The van der Waals surface area contributed by atoms with E-state index in [4.69, 9.17) is 9.84 Å². The van der Waals surface area contributed by atoms with Gasteiger partial charge in [0.25, 0.3) is 0 Å². The van der Waals surface area contributed by atoms with Gasteiger partial charge in [0.1, 0.15) is 13.2 Å². The quantitative estimate of drug-likeness (QED) is 0.670. The minimum Gasteiger partial charge on any atom is -0.480 e. The average Bonchev–Trinajstić information content (AvgIpc) is 3.37. The number of amides is 2. The smallest absolute Gasteiger partial charge is 0.407 e. The molecule has 0 heterocycles. The molecule has 7 heteroatoms. The minimum absolute atomic E-state index is 0.0258. The van der Waals surface area contributed by atoms with Gasteiger partial charge >= 0.3 is 12.1 Å². The molecule has 0 atom stereocenters. The summed E-state index contributed by atoms with van der Waals surface area (Å²) in [7, 11) is 0. The van der Waals surface area contributed by atoms with Crippen LogP contribution in [-0.4, -0.2) is 41.8 Å². The maximum Gasteiger partial charge on any atom is 0.407 e. The van der Waals surface area contributed by atoms with Crippen molar-refractivity contribution in [2.45, 2.75) is 30.7 Å². The number of hydrogen-bond donors (Lipinski definition) is 3. The maximum atomic E-state index is 12.4. The van der Waals surface area contributed by atoms with E-state index in [1.165, 1.54) is 0 Å². The van der Waals surface area contributed by atoms with Gasteiger partial charge in [-0.2, -0.15) is 0 Å². The molecule has 0 aromatic heterocycles. The number of carbonyl (C=O) groups excluding carboxylic acids is 2. The minimum atomic E-state index is -1.10. The van der Waals surface area contributed by atoms with Crippen LogP contribution >= 0.6 is 0 Å². The molecule has 0 saturated heterocycles. The van der Waals surface area contributed by atoms with Crippen molar-refractivity contribution in [3.63, 3.8) is 0 Å². The molecule has 0 radical (unpaired) electrons. The van der Waals surface area contributed by atoms with E-state index < -0.39 is 30.1 Å². The second-order valence-corrected chi connectivity index (χ2v) is 7.58. The Balaban J connectivity index is 1.36. The summed E-state index contributed by atoms with van der Waals surface area (Å²) in [5.74, 6) is -1.53. The lowest BCUT2D eigenvalue weighted by Crippen LogP contribution is -2.42. The van der Waals surface area contributed by atoms with Crippen molar-refractivity contribution in [1.29, 1.82) is 0 Å². The zero-order valence-electron chi connectivity index (χ0n) is 15.8. The lowest BCUT2D eigenvalue weighted by atomic mass is 9.98. The van der Waals surface area contributed by atoms with Gasteiger partial charge in [-0.1, -0.05) is 48.5 Å². The largest absolute Gasteiger partial charge is 0.480 e. The molecule has 7 nitrogen and oxygen atoms in total. The van der Waals surface area contributed by atoms with E-state index in [1.807, 2.05) is 24.3 Å². The van der Waals surface area contributed by atoms with Crippen LogP contribution in [0.1, 0.15) is 36.3 Å². The van der Waals surface area contributed by atoms with E-state index in [-0.39, 0.29) is 18.9 Å². The molecule has 2 aromatic rings. The Morgan fingerprint density at radius 3 is 2.14 bits per heavy atom. The van der Waals surface area contributed by atoms with Crippen LogP contribution in [0.5, 0.6) is 0 Å². The molecule has 150 valence electrons. The Bertz CT molecular complexity index is 922. The molecular weight excluding hydrogens is 372 g/mol. The lowest BCUT2D eigenvalue weighted by molar-refractivity contribution is -0.138. The van der Waals surface area contributed by atoms with Crippen molar-refractivity contribution in [2.24, 2.45) is 0 Å². The van der Waals surface area contributed by atoms with Crippen LogP contribution in [0.25, 0.3) is 11.1 Å². The summed E-state index contributed by atoms with van der Waals surface area (Å²) in [6, 6.07) is 16.2. The van der Waals surface area contributed by atoms with Gasteiger partial charge in [-0.3, -0.25) is 9.59 Å². The SMILES string of the molecule is O=C(O)CNC(=O)CC1(NC(=O)OCC2c3ccccc3-c3ccccc32)CC1. The predicted molar refractivity (Wildman–Crippen MR) is 105 cm³/mol. The van der Waals surface area contributed by atoms with Crippen LogP contribution in [0.4, 0.5) is 4.79 Å². The number of rotatable bonds is 7. The molecule has 2 aliphatic rings. The van der Waals surface area contributed by atoms with Crippen molar-refractivity contribution in [3.05, 3.63) is 59.7 Å². The fourth-order valence-corrected chi connectivity index (χ4v) is 3.89. The van der Waals surface area contributed by atoms with Gasteiger partial charge in [0, 0.05) is 12.3 Å². The molecule has 0 aliphatic heterocycles. The number of carboxylic acids is 1. The van der Waals surface area contributed by atoms with E-state index in [1.54, 1.807) is 0 Å². The Morgan fingerprint density at radius 1 is 1.00 bits per heavy atom. The highest BCUT2D eigenvalue weighted by Gasteiger charge is 2.46. The second kappa shape index (κ2) is 7.58. The molecular formula is C22H22N2O5. The molecule has 2 aromatic carbocycles. The van der Waals surface area contributed by atoms with E-state index in [9.17, 15) is 14.4 Å². The Morgan fingerprint density at radius 2 is 1.59 bits per heavy atom. The molecule has 1 saturated carbocycles. The van der Waals surface area contributed by atoms with Crippen molar-refractivity contribution in [2.75, 3.05) is 13.2 Å². The number of aliphatic carboxylic acids is 1. The number of nitrogens with one attached hydrogen (secondary N) is 2. The van der Waals surface area contributed by atoms with Crippen molar-refractivity contribution < 1.29 is 24.2 Å². The number of benzene rings is 2. The fourth-order valence-electron chi connectivity index (χ4n) is 3.89. The number of carboxylic acid groups (broad SMARTS) is 1. The first-order valence-corrected chi connectivity index (χ1v) is 9.59. The summed E-state index contributed by atoms with van der Waals surface area (Å²) in [6.45, 7) is -0.221. The molecule has 0 unspecified atom stereocenters. The highest BCUT2D eigenvalue weighted by atomic mass is 16.5. The summed E-state index contributed by atoms with van der Waals surface area (Å²) in [4.78, 5) is 34.8. The maximum absolute atomic E-state index is 12.4. The molecule has 1 fully saturated rings. The summed E-state index contributed by atoms with van der Waals surface area (Å²) in [5.41, 5.74) is 3.95. The van der Waals surface area contributed by atoms with Gasteiger partial charge in [-0.25, -0.2) is 4.79 Å². The number of ether oxygens (including phenoxy) is 1. The molecule has 29 heavy (non-hydrogen) atoms. The number of hydrogen-bond acceptors (Lipinski definition) is 4. The van der Waals surface area contributed by atoms with Crippen LogP contribution in [-0.2, 0) is 14.3 Å². The van der Waals surface area contributed by atoms with E-state index in [0.29, 0.717) is 12.8 Å². The lowest BCUT2D eigenvalue weighted by Gasteiger charge is -2.19. The first kappa shape index (κ1) is 19.0. The van der Waals surface area contributed by atoms with Gasteiger partial charge in [0.15, 0.2) is 0 Å². The second-order valence-electron chi connectivity index (χ2n) is 7.58. The van der Waals surface area contributed by atoms with Crippen molar-refractivity contribution in [1.82, 2.24) is 10.6 Å². The zero-order valence-corrected chi connectivity index (χ0v) is 15.8. The van der Waals surface area contributed by atoms with E-state index in [0.717, 1.165) is 22.3 Å². The van der Waals surface area contributed by atoms with Crippen molar-refractivity contribution >= 4 is 18.0 Å². The molecule has 3 N–H and O–H groups in total. The molecule has 0 spiro atoms. The number of carbonyl (C=O) groups is 3. The first-order valence-electron chi connectivity index (χ1n) is 9.59. The summed E-state index contributed by atoms with van der Waals surface area (Å²) in [5, 5.41) is 13.7. The third kappa shape index (κ3) is 4.08. The summed E-state index contributed by atoms with van der Waals surface area (Å²) >= 11 is 0. The Hall–Kier alpha value is -3.35. The first-order chi connectivity index (χ1) is 14.0. The summed E-state index contributed by atoms with van der Waals surface area (Å²) in [6.07, 6.45) is 0.815. The normalized spacial score (nSPS) is 15.7. The third-order valence-electron chi connectivity index (χ3n) is 5.50. The van der Waals surface area contributed by atoms with Crippen LogP contribution in [0.15, 0.2) is 48.5 Å². The van der Waals surface area contributed by atoms with Gasteiger partial charge < -0.3 is 20.5 Å². The van der Waals surface area contributed by atoms with Gasteiger partial charge in [-0.05, 0) is 35.1 Å². The topological polar surface area (TPSA) is 105 Å². The van der Waals surface area contributed by atoms with Crippen LogP contribution < -0.4 is 10.6 Å². The summed E-state index contributed by atoms with van der Waals surface area (Å²) < 4.78 is 5.52. The van der Waals surface area contributed by atoms with Crippen LogP contribution in [0.2, 0.25) is 0 Å². The predicted octanol–water partition coefficient (Wildman–Crippen LogP) is 2.65. The monoisotopic (exact) mass is 394 g/mol. The number of alkyl carbamates (subject to hydrolysis) is 1. The fraction of sp³-hybridized carbons (Fsp3) is 0.318. The number of fused-ring (bicyclic) bond motifs is 3. The zero-order chi connectivity index (χ0) is 20.4. The highest BCUT2D eigenvalue weighted by molar-refractivity contribution is 5.83. The standard InChI is InChI=1S/C22H22N2O5/c25-19(23-12-20(26)27)11-22(9-10-22)24-21(28)29-13-18-16-7-3-1-5-14(16)15-6-2-4-8-17(15)18/h1-8,18H,9-13H2,(H,23,25)(H,24,28)(H,26,27). The Kier molecular flexibility index (Phi) is 4.96. The van der Waals surface area contributed by atoms with E-state index >= 15 is 0 Å². The van der Waals surface area contributed by atoms with Crippen LogP contribution in [0.3, 0.4) is 0 Å². The van der Waals surface area contributed by atoms with Crippen molar-refractivity contribution in [3.8, 4) is 11.1 Å². The van der Waals surface area contributed by atoms with E-state index in [2.05, 4.69) is 34.9 Å². The molecule has 4 rings (SSSR count). The third-order valence-corrected chi connectivity index (χ3v) is 5.50.